The van der Waals surface area contributed by atoms with Crippen LogP contribution in [0.2, 0.25) is 0 Å². The van der Waals surface area contributed by atoms with E-state index < -0.39 is 0 Å². The largest absolute Gasteiger partial charge is 0.348 e. The Labute approximate surface area is 121 Å². The SMILES string of the molecule is O=C(N[C@H]1CN2CCC1CC2)c1ccc([125I])cc1. The van der Waals surface area contributed by atoms with Crippen LogP contribution in [0.5, 0.6) is 0 Å². The molecule has 3 aliphatic rings. The zero-order valence-corrected chi connectivity index (χ0v) is 12.4. The zero-order valence-electron chi connectivity index (χ0n) is 10.2. The van der Waals surface area contributed by atoms with E-state index in [1.807, 2.05) is 24.3 Å². The van der Waals surface area contributed by atoms with Gasteiger partial charge in [-0.25, -0.2) is 0 Å². The van der Waals surface area contributed by atoms with Gasteiger partial charge in [-0.3, -0.25) is 4.79 Å². The van der Waals surface area contributed by atoms with Crippen molar-refractivity contribution in [3.8, 4) is 0 Å². The van der Waals surface area contributed by atoms with Crippen LogP contribution < -0.4 is 5.32 Å². The molecule has 0 aromatic heterocycles. The number of nitrogens with zero attached hydrogens (tertiary/aromatic N) is 1. The maximum atomic E-state index is 12.2. The fourth-order valence-corrected chi connectivity index (χ4v) is 3.34. The lowest BCUT2D eigenvalue weighted by Gasteiger charge is -2.44. The highest BCUT2D eigenvalue weighted by Gasteiger charge is 2.34. The zero-order chi connectivity index (χ0) is 12.5. The summed E-state index contributed by atoms with van der Waals surface area (Å²) in [4.78, 5) is 14.6. The van der Waals surface area contributed by atoms with Gasteiger partial charge in [0.05, 0.1) is 0 Å². The van der Waals surface area contributed by atoms with Gasteiger partial charge in [0.1, 0.15) is 0 Å². The number of nitrogens with one attached hydrogen (secondary N) is 1. The molecule has 3 aliphatic heterocycles. The van der Waals surface area contributed by atoms with Crippen LogP contribution in [0.1, 0.15) is 23.2 Å². The standard InChI is InChI=1S/C14H17IN2O/c15-12-3-1-11(2-4-12)14(18)16-13-9-17-7-5-10(13)6-8-17/h1-4,10,13H,5-9H2,(H,16,18)/t13-/m0/s1/i15-2. The summed E-state index contributed by atoms with van der Waals surface area (Å²) in [5.74, 6) is 0.757. The third-order valence-corrected chi connectivity index (χ3v) is 4.80. The van der Waals surface area contributed by atoms with E-state index in [0.29, 0.717) is 12.0 Å². The van der Waals surface area contributed by atoms with Crippen LogP contribution in [0, 0.1) is 9.49 Å². The molecular formula is C14H17IN2O. The van der Waals surface area contributed by atoms with E-state index in [2.05, 4.69) is 32.8 Å². The van der Waals surface area contributed by atoms with Gasteiger partial charge in [-0.1, -0.05) is 0 Å². The monoisotopic (exact) mass is 354 g/mol. The van der Waals surface area contributed by atoms with Crippen molar-refractivity contribution in [3.05, 3.63) is 33.4 Å². The lowest BCUT2D eigenvalue weighted by Crippen LogP contribution is -2.57. The number of carbonyl (C=O) groups is 1. The molecule has 0 spiro atoms. The molecular weight excluding hydrogens is 337 g/mol. The number of hydrogen-bond acceptors (Lipinski definition) is 2. The second-order valence-corrected chi connectivity index (χ2v) is 6.47. The van der Waals surface area contributed by atoms with Crippen LogP contribution in [-0.2, 0) is 0 Å². The Bertz CT molecular complexity index is 438. The van der Waals surface area contributed by atoms with Crippen molar-refractivity contribution < 1.29 is 4.79 Å². The average molecular weight is 354 g/mol. The Morgan fingerprint density at radius 3 is 2.44 bits per heavy atom. The van der Waals surface area contributed by atoms with Crippen LogP contribution in [0.15, 0.2) is 24.3 Å². The van der Waals surface area contributed by atoms with Crippen LogP contribution in [-0.4, -0.2) is 36.5 Å². The van der Waals surface area contributed by atoms with E-state index in [9.17, 15) is 4.79 Å². The summed E-state index contributed by atoms with van der Waals surface area (Å²) in [5, 5.41) is 3.20. The minimum Gasteiger partial charge on any atom is -0.348 e. The number of benzene rings is 1. The molecule has 96 valence electrons. The van der Waals surface area contributed by atoms with Gasteiger partial charge in [0.15, 0.2) is 0 Å². The molecule has 0 aliphatic carbocycles. The molecule has 3 saturated heterocycles. The summed E-state index contributed by atoms with van der Waals surface area (Å²) < 4.78 is 1.16. The Hall–Kier alpha value is -0.620. The first-order valence-electron chi connectivity index (χ1n) is 6.51. The van der Waals surface area contributed by atoms with Gasteiger partial charge < -0.3 is 10.2 Å². The maximum Gasteiger partial charge on any atom is 0.251 e. The summed E-state index contributed by atoms with van der Waals surface area (Å²) >= 11 is 2.25. The minimum atomic E-state index is 0.0742. The molecule has 0 saturated carbocycles. The molecule has 0 unspecified atom stereocenters. The lowest BCUT2D eigenvalue weighted by molar-refractivity contribution is 0.0620. The first-order valence-corrected chi connectivity index (χ1v) is 7.59. The number of rotatable bonds is 2. The third kappa shape index (κ3) is 2.54. The highest BCUT2D eigenvalue weighted by Crippen LogP contribution is 2.27. The Morgan fingerprint density at radius 2 is 1.89 bits per heavy atom. The Balaban J connectivity index is 1.66. The third-order valence-electron chi connectivity index (χ3n) is 4.08. The predicted octanol–water partition coefficient (Wildman–Crippen LogP) is 2.12. The van der Waals surface area contributed by atoms with Crippen LogP contribution >= 0.6 is 22.6 Å². The molecule has 4 heteroatoms. The second kappa shape index (κ2) is 5.17. The predicted molar refractivity (Wildman–Crippen MR) is 79.6 cm³/mol. The van der Waals surface area contributed by atoms with Gasteiger partial charge >= 0.3 is 0 Å². The molecule has 1 amide bonds. The molecule has 3 heterocycles. The van der Waals surface area contributed by atoms with Crippen molar-refractivity contribution in [3.63, 3.8) is 0 Å². The Kier molecular flexibility index (Phi) is 3.56. The molecule has 3 nitrogen and oxygen atoms in total. The van der Waals surface area contributed by atoms with E-state index in [1.54, 1.807) is 0 Å². The molecule has 1 aromatic rings. The van der Waals surface area contributed by atoms with Gasteiger partial charge in [0.25, 0.3) is 5.91 Å². The number of piperidine rings is 3. The van der Waals surface area contributed by atoms with Gasteiger partial charge in [-0.2, -0.15) is 0 Å². The van der Waals surface area contributed by atoms with E-state index in [4.69, 9.17) is 0 Å². The summed E-state index contributed by atoms with van der Waals surface area (Å²) in [7, 11) is 0. The molecule has 3 fully saturated rings. The van der Waals surface area contributed by atoms with E-state index in [0.717, 1.165) is 15.7 Å². The van der Waals surface area contributed by atoms with Crippen molar-refractivity contribution in [2.75, 3.05) is 19.6 Å². The van der Waals surface area contributed by atoms with Crippen molar-refractivity contribution in [1.29, 1.82) is 0 Å². The summed E-state index contributed by atoms with van der Waals surface area (Å²) in [5.41, 5.74) is 0.770. The Morgan fingerprint density at radius 1 is 1.22 bits per heavy atom. The first kappa shape index (κ1) is 12.4. The average Bonchev–Trinajstić information content (AvgIpc) is 2.41. The first-order chi connectivity index (χ1) is 8.72. The van der Waals surface area contributed by atoms with Crippen molar-refractivity contribution >= 4 is 28.5 Å². The summed E-state index contributed by atoms with van der Waals surface area (Å²) in [6.07, 6.45) is 2.47. The molecule has 4 rings (SSSR count). The van der Waals surface area contributed by atoms with Crippen LogP contribution in [0.3, 0.4) is 0 Å². The number of halogens is 1. The maximum absolute atomic E-state index is 12.2. The number of hydrogen-bond donors (Lipinski definition) is 1. The second-order valence-electron chi connectivity index (χ2n) is 5.22. The van der Waals surface area contributed by atoms with Gasteiger partial charge in [0, 0.05) is 21.7 Å². The molecule has 18 heavy (non-hydrogen) atoms. The van der Waals surface area contributed by atoms with Crippen LogP contribution in [0.4, 0.5) is 0 Å². The van der Waals surface area contributed by atoms with Crippen molar-refractivity contribution in [2.24, 2.45) is 5.92 Å². The molecule has 1 atom stereocenters. The molecule has 2 bridgehead atoms. The number of amides is 1. The lowest BCUT2D eigenvalue weighted by atomic mass is 9.84. The molecule has 0 radical (unpaired) electrons. The van der Waals surface area contributed by atoms with E-state index in [-0.39, 0.29) is 5.91 Å². The van der Waals surface area contributed by atoms with Gasteiger partial charge in [-0.05, 0) is 78.7 Å². The fraction of sp³-hybridized carbons (Fsp3) is 0.500. The quantitative estimate of drug-likeness (QED) is 0.826. The highest BCUT2D eigenvalue weighted by atomic mass is 125. The number of fused-ring (bicyclic) bond motifs is 3. The van der Waals surface area contributed by atoms with Crippen LogP contribution in [0.25, 0.3) is 0 Å². The van der Waals surface area contributed by atoms with Gasteiger partial charge in [0.2, 0.25) is 0 Å². The normalized spacial score (nSPS) is 30.2. The van der Waals surface area contributed by atoms with Crippen molar-refractivity contribution in [1.82, 2.24) is 10.2 Å². The van der Waals surface area contributed by atoms with Crippen molar-refractivity contribution in [2.45, 2.75) is 18.9 Å². The van der Waals surface area contributed by atoms with Gasteiger partial charge in [-0.15, -0.1) is 0 Å². The number of carbonyl (C=O) groups excluding carboxylic acids is 1. The highest BCUT2D eigenvalue weighted by molar-refractivity contribution is 14.1. The summed E-state index contributed by atoms with van der Waals surface area (Å²) in [6.45, 7) is 3.45. The summed E-state index contributed by atoms with van der Waals surface area (Å²) in [6, 6.07) is 8.11. The smallest absolute Gasteiger partial charge is 0.251 e. The van der Waals surface area contributed by atoms with E-state index >= 15 is 0 Å². The molecule has 1 N–H and O–H groups in total. The van der Waals surface area contributed by atoms with E-state index in [1.165, 1.54) is 25.9 Å². The fourth-order valence-electron chi connectivity index (χ4n) is 2.98. The minimum absolute atomic E-state index is 0.0742. The molecule has 1 aromatic carbocycles. The topological polar surface area (TPSA) is 32.3 Å².